The molecule has 132 valence electrons. The molecule has 0 amide bonds. The van der Waals surface area contributed by atoms with Crippen LogP contribution in [0.15, 0.2) is 73.4 Å². The van der Waals surface area contributed by atoms with E-state index >= 15 is 0 Å². The van der Waals surface area contributed by atoms with Crippen LogP contribution in [0.25, 0.3) is 11.4 Å². The second kappa shape index (κ2) is 7.84. The van der Waals surface area contributed by atoms with E-state index in [1.807, 2.05) is 41.5 Å². The maximum Gasteiger partial charge on any atom is 0.140 e. The van der Waals surface area contributed by atoms with Crippen LogP contribution >= 0.6 is 12.4 Å². The van der Waals surface area contributed by atoms with E-state index < -0.39 is 0 Å². The van der Waals surface area contributed by atoms with Crippen molar-refractivity contribution in [3.63, 3.8) is 0 Å². The number of hydrogen-bond donors (Lipinski definition) is 1. The summed E-state index contributed by atoms with van der Waals surface area (Å²) < 4.78 is 4.05. The summed E-state index contributed by atoms with van der Waals surface area (Å²) in [6, 6.07) is 14.1. The van der Waals surface area contributed by atoms with E-state index in [1.165, 1.54) is 11.1 Å². The van der Waals surface area contributed by atoms with Crippen LogP contribution in [0, 0.1) is 0 Å². The van der Waals surface area contributed by atoms with Gasteiger partial charge in [-0.3, -0.25) is 4.68 Å². The van der Waals surface area contributed by atoms with Gasteiger partial charge in [0, 0.05) is 43.1 Å². The van der Waals surface area contributed by atoms with Crippen molar-refractivity contribution in [1.82, 2.24) is 24.3 Å². The second-order valence-electron chi connectivity index (χ2n) is 5.82. The van der Waals surface area contributed by atoms with Gasteiger partial charge in [0.25, 0.3) is 0 Å². The van der Waals surface area contributed by atoms with Gasteiger partial charge in [-0.25, -0.2) is 9.97 Å². The van der Waals surface area contributed by atoms with Crippen molar-refractivity contribution in [2.45, 2.75) is 13.1 Å². The van der Waals surface area contributed by atoms with Gasteiger partial charge in [-0.2, -0.15) is 5.10 Å². The van der Waals surface area contributed by atoms with E-state index in [0.29, 0.717) is 5.82 Å². The molecule has 0 aliphatic carbocycles. The van der Waals surface area contributed by atoms with Crippen LogP contribution in [0.1, 0.15) is 11.1 Å². The fourth-order valence-corrected chi connectivity index (χ4v) is 2.90. The number of nitrogens with two attached hydrogens (primary N) is 1. The highest BCUT2D eigenvalue weighted by Gasteiger charge is 2.09. The molecule has 0 saturated heterocycles. The van der Waals surface area contributed by atoms with Gasteiger partial charge in [-0.05, 0) is 29.3 Å². The molecule has 3 heterocycles. The third-order valence-electron chi connectivity index (χ3n) is 4.11. The number of anilines is 1. The van der Waals surface area contributed by atoms with Crippen LogP contribution in [0.4, 0.5) is 5.82 Å². The number of nitrogen functional groups attached to an aromatic ring is 1. The third kappa shape index (κ3) is 3.75. The lowest BCUT2D eigenvalue weighted by Crippen LogP contribution is -2.07. The van der Waals surface area contributed by atoms with Crippen LogP contribution in [0.3, 0.4) is 0 Å². The topological polar surface area (TPSA) is 74.5 Å². The first-order valence-electron chi connectivity index (χ1n) is 8.07. The minimum atomic E-state index is 0. The maximum absolute atomic E-state index is 5.81. The molecule has 26 heavy (non-hydrogen) atoms. The first kappa shape index (κ1) is 17.7. The molecule has 0 aliphatic heterocycles. The summed E-state index contributed by atoms with van der Waals surface area (Å²) in [6.45, 7) is 1.48. The molecule has 0 atom stereocenters. The predicted octanol–water partition coefficient (Wildman–Crippen LogP) is 3.24. The Morgan fingerprint density at radius 2 is 1.65 bits per heavy atom. The molecule has 0 spiro atoms. The van der Waals surface area contributed by atoms with Gasteiger partial charge in [0.15, 0.2) is 0 Å². The summed E-state index contributed by atoms with van der Waals surface area (Å²) in [6.07, 6.45) is 9.26. The molecule has 4 rings (SSSR count). The Labute approximate surface area is 157 Å². The summed E-state index contributed by atoms with van der Waals surface area (Å²) in [5, 5.41) is 4.30. The largest absolute Gasteiger partial charge is 0.384 e. The quantitative estimate of drug-likeness (QED) is 0.588. The maximum atomic E-state index is 5.81. The molecular formula is C19H19ClN6. The van der Waals surface area contributed by atoms with Crippen LogP contribution in [-0.2, 0) is 13.1 Å². The zero-order chi connectivity index (χ0) is 17.1. The average Bonchev–Trinajstić information content (AvgIpc) is 3.28. The molecule has 4 aromatic rings. The number of imidazole rings is 1. The van der Waals surface area contributed by atoms with Gasteiger partial charge < -0.3 is 10.3 Å². The highest BCUT2D eigenvalue weighted by Crippen LogP contribution is 2.21. The Kier molecular flexibility index (Phi) is 5.34. The number of pyridine rings is 1. The standard InChI is InChI=1S/C19H18N6.ClH/c20-18-12-15(6-8-21-18)19-22-9-11-24(19)13-16-4-1-2-5-17(16)14-25-10-3-7-23-25;/h1-12H,13-14H2,(H2,20,21);1H. The Hall–Kier alpha value is -3.12. The van der Waals surface area contributed by atoms with Crippen molar-refractivity contribution in [2.75, 3.05) is 5.73 Å². The second-order valence-corrected chi connectivity index (χ2v) is 5.82. The first-order chi connectivity index (χ1) is 12.3. The van der Waals surface area contributed by atoms with Crippen molar-refractivity contribution in [3.05, 3.63) is 84.6 Å². The molecule has 0 fully saturated rings. The van der Waals surface area contributed by atoms with Crippen molar-refractivity contribution >= 4 is 18.2 Å². The van der Waals surface area contributed by atoms with Crippen LogP contribution in [0.2, 0.25) is 0 Å². The molecule has 0 saturated carbocycles. The van der Waals surface area contributed by atoms with E-state index in [0.717, 1.165) is 24.5 Å². The summed E-state index contributed by atoms with van der Waals surface area (Å²) >= 11 is 0. The number of benzene rings is 1. The minimum Gasteiger partial charge on any atom is -0.384 e. The normalized spacial score (nSPS) is 10.5. The lowest BCUT2D eigenvalue weighted by Gasteiger charge is -2.13. The van der Waals surface area contributed by atoms with Gasteiger partial charge in [0.1, 0.15) is 11.6 Å². The molecule has 6 nitrogen and oxygen atoms in total. The highest BCUT2D eigenvalue weighted by atomic mass is 35.5. The highest BCUT2D eigenvalue weighted by molar-refractivity contribution is 5.85. The molecule has 2 N–H and O–H groups in total. The van der Waals surface area contributed by atoms with E-state index in [-0.39, 0.29) is 12.4 Å². The van der Waals surface area contributed by atoms with Crippen molar-refractivity contribution in [3.8, 4) is 11.4 Å². The van der Waals surface area contributed by atoms with Gasteiger partial charge in [-0.1, -0.05) is 24.3 Å². The molecule has 0 bridgehead atoms. The number of halogens is 1. The predicted molar refractivity (Wildman–Crippen MR) is 104 cm³/mol. The van der Waals surface area contributed by atoms with Gasteiger partial charge >= 0.3 is 0 Å². The molecule has 3 aromatic heterocycles. The molecule has 0 radical (unpaired) electrons. The smallest absolute Gasteiger partial charge is 0.140 e. The molecule has 7 heteroatoms. The summed E-state index contributed by atoms with van der Waals surface area (Å²) in [7, 11) is 0. The molecule has 0 aliphatic rings. The van der Waals surface area contributed by atoms with E-state index in [2.05, 4.69) is 43.9 Å². The van der Waals surface area contributed by atoms with Gasteiger partial charge in [-0.15, -0.1) is 12.4 Å². The lowest BCUT2D eigenvalue weighted by atomic mass is 10.1. The average molecular weight is 367 g/mol. The van der Waals surface area contributed by atoms with E-state index in [1.54, 1.807) is 12.4 Å². The molecule has 0 unspecified atom stereocenters. The fourth-order valence-electron chi connectivity index (χ4n) is 2.90. The summed E-state index contributed by atoms with van der Waals surface area (Å²) in [4.78, 5) is 8.54. The van der Waals surface area contributed by atoms with E-state index in [4.69, 9.17) is 5.73 Å². The zero-order valence-electron chi connectivity index (χ0n) is 14.1. The van der Waals surface area contributed by atoms with Crippen molar-refractivity contribution in [2.24, 2.45) is 0 Å². The Balaban J connectivity index is 0.00000196. The molecular weight excluding hydrogens is 348 g/mol. The van der Waals surface area contributed by atoms with Crippen LogP contribution in [0.5, 0.6) is 0 Å². The van der Waals surface area contributed by atoms with Crippen LogP contribution in [-0.4, -0.2) is 24.3 Å². The fraction of sp³-hybridized carbons (Fsp3) is 0.105. The lowest BCUT2D eigenvalue weighted by molar-refractivity contribution is 0.674. The SMILES string of the molecule is Cl.Nc1cc(-c2nccn2Cc2ccccc2Cn2cccn2)ccn1. The monoisotopic (exact) mass is 366 g/mol. The van der Waals surface area contributed by atoms with Gasteiger partial charge in [0.2, 0.25) is 0 Å². The summed E-state index contributed by atoms with van der Waals surface area (Å²) in [5.41, 5.74) is 9.24. The number of nitrogens with zero attached hydrogens (tertiary/aromatic N) is 5. The first-order valence-corrected chi connectivity index (χ1v) is 8.07. The third-order valence-corrected chi connectivity index (χ3v) is 4.11. The zero-order valence-corrected chi connectivity index (χ0v) is 14.9. The van der Waals surface area contributed by atoms with E-state index in [9.17, 15) is 0 Å². The minimum absolute atomic E-state index is 0. The summed E-state index contributed by atoms with van der Waals surface area (Å²) in [5.74, 6) is 1.37. The number of rotatable bonds is 5. The Bertz CT molecular complexity index is 977. The van der Waals surface area contributed by atoms with Crippen molar-refractivity contribution in [1.29, 1.82) is 0 Å². The number of aromatic nitrogens is 5. The Morgan fingerprint density at radius 3 is 2.38 bits per heavy atom. The number of hydrogen-bond acceptors (Lipinski definition) is 4. The van der Waals surface area contributed by atoms with Gasteiger partial charge in [0.05, 0.1) is 6.54 Å². The van der Waals surface area contributed by atoms with Crippen molar-refractivity contribution < 1.29 is 0 Å². The molecule has 1 aromatic carbocycles. The van der Waals surface area contributed by atoms with Crippen LogP contribution < -0.4 is 5.73 Å². The Morgan fingerprint density at radius 1 is 0.846 bits per heavy atom.